The number of nitrogens with zero attached hydrogens (tertiary/aromatic N) is 1. The molecule has 0 aliphatic rings. The lowest BCUT2D eigenvalue weighted by molar-refractivity contribution is -0.152. The number of benzene rings is 2. The van der Waals surface area contributed by atoms with Crippen LogP contribution in [0, 0.1) is 0 Å². The fourth-order valence-electron chi connectivity index (χ4n) is 2.77. The molecule has 30 heavy (non-hydrogen) atoms. The normalized spacial score (nSPS) is 11.8. The molecule has 0 bridgehead atoms. The van der Waals surface area contributed by atoms with Crippen LogP contribution >= 0.6 is 0 Å². The van der Waals surface area contributed by atoms with Gasteiger partial charge in [-0.3, -0.25) is 0 Å². The molecule has 3 N–H and O–H groups in total. The Bertz CT molecular complexity index is 802. The minimum absolute atomic E-state index is 0.557. The number of carboxylic acid groups (broad SMARTS) is 1. The zero-order chi connectivity index (χ0) is 21.8. The van der Waals surface area contributed by atoms with Crippen molar-refractivity contribution in [2.75, 3.05) is 6.54 Å². The summed E-state index contributed by atoms with van der Waals surface area (Å²) in [7, 11) is 0. The Morgan fingerprint density at radius 3 is 2.40 bits per heavy atom. The molecule has 0 aliphatic carbocycles. The first kappa shape index (κ1) is 23.3. The molecule has 2 rings (SSSR count). The minimum atomic E-state index is -1.25. The summed E-state index contributed by atoms with van der Waals surface area (Å²) in [4.78, 5) is 11.2. The molecule has 0 amide bonds. The van der Waals surface area contributed by atoms with Crippen LogP contribution < -0.4 is 15.5 Å². The first-order valence-electron chi connectivity index (χ1n) is 10.5. The smallest absolute Gasteiger partial charge is 0.347 e. The predicted octanol–water partition coefficient (Wildman–Crippen LogP) is 4.35. The number of hydrogen-bond donors (Lipinski definition) is 3. The molecule has 6 heteroatoms. The summed E-state index contributed by atoms with van der Waals surface area (Å²) in [6, 6.07) is 17.9. The predicted molar refractivity (Wildman–Crippen MR) is 121 cm³/mol. The second-order valence-corrected chi connectivity index (χ2v) is 7.72. The molecule has 0 saturated carbocycles. The van der Waals surface area contributed by atoms with Gasteiger partial charge in [-0.15, -0.1) is 0 Å². The third-order valence-corrected chi connectivity index (χ3v) is 4.61. The van der Waals surface area contributed by atoms with Gasteiger partial charge in [0.2, 0.25) is 0 Å². The van der Waals surface area contributed by atoms with Gasteiger partial charge in [-0.25, -0.2) is 4.79 Å². The van der Waals surface area contributed by atoms with Crippen molar-refractivity contribution in [2.24, 2.45) is 5.10 Å². The van der Waals surface area contributed by atoms with Gasteiger partial charge in [-0.1, -0.05) is 49.4 Å². The van der Waals surface area contributed by atoms with Crippen LogP contribution in [-0.4, -0.2) is 29.1 Å². The lowest BCUT2D eigenvalue weighted by Gasteiger charge is -2.21. The third-order valence-electron chi connectivity index (χ3n) is 4.61. The monoisotopic (exact) mass is 411 g/mol. The number of amidine groups is 1. The van der Waals surface area contributed by atoms with Crippen molar-refractivity contribution in [1.29, 1.82) is 0 Å². The average molecular weight is 412 g/mol. The lowest BCUT2D eigenvalue weighted by Crippen LogP contribution is -2.37. The van der Waals surface area contributed by atoms with Crippen molar-refractivity contribution in [3.63, 3.8) is 0 Å². The Hall–Kier alpha value is -3.02. The zero-order valence-corrected chi connectivity index (χ0v) is 18.1. The Labute approximate surface area is 179 Å². The number of carbonyl (C=O) groups is 1. The van der Waals surface area contributed by atoms with E-state index < -0.39 is 11.6 Å². The Kier molecular flexibility index (Phi) is 9.19. The molecule has 0 unspecified atom stereocenters. The molecule has 0 saturated heterocycles. The highest BCUT2D eigenvalue weighted by atomic mass is 16.5. The standard InChI is InChI=1S/C24H33N3O3/c1-4-17-26-27-22(25-18-20-9-6-5-7-10-20)12-8-11-19-13-15-21(16-14-19)30-24(2,3)23(28)29/h5-7,9-10,13-16,26H,4,8,11-12,17-18H2,1-3H3,(H,25,27)(H,28,29). The van der Waals surface area contributed by atoms with E-state index in [2.05, 4.69) is 34.9 Å². The fraction of sp³-hybridized carbons (Fsp3) is 0.417. The number of aryl methyl sites for hydroxylation is 1. The molecular weight excluding hydrogens is 378 g/mol. The van der Waals surface area contributed by atoms with Gasteiger partial charge in [0.25, 0.3) is 0 Å². The topological polar surface area (TPSA) is 83.0 Å². The molecule has 6 nitrogen and oxygen atoms in total. The van der Waals surface area contributed by atoms with E-state index in [9.17, 15) is 9.90 Å². The Morgan fingerprint density at radius 1 is 1.07 bits per heavy atom. The summed E-state index contributed by atoms with van der Waals surface area (Å²) >= 11 is 0. The van der Waals surface area contributed by atoms with E-state index in [0.29, 0.717) is 5.75 Å². The average Bonchev–Trinajstić information content (AvgIpc) is 2.73. The summed E-state index contributed by atoms with van der Waals surface area (Å²) < 4.78 is 5.55. The second-order valence-electron chi connectivity index (χ2n) is 7.72. The number of hydrogen-bond acceptors (Lipinski definition) is 4. The first-order valence-corrected chi connectivity index (χ1v) is 10.5. The number of carboxylic acids is 1. The van der Waals surface area contributed by atoms with Gasteiger partial charge in [0.05, 0.1) is 0 Å². The van der Waals surface area contributed by atoms with Gasteiger partial charge in [0.1, 0.15) is 11.6 Å². The van der Waals surface area contributed by atoms with E-state index in [1.807, 2.05) is 42.5 Å². The maximum absolute atomic E-state index is 11.2. The SMILES string of the molecule is CCCN/N=C(/CCCc1ccc(OC(C)(C)C(=O)O)cc1)NCc1ccccc1. The lowest BCUT2D eigenvalue weighted by atomic mass is 10.1. The van der Waals surface area contributed by atoms with Gasteiger partial charge in [0, 0.05) is 19.5 Å². The van der Waals surface area contributed by atoms with Crippen LogP contribution in [0.2, 0.25) is 0 Å². The number of hydrazone groups is 1. The number of nitrogens with one attached hydrogen (secondary N) is 2. The summed E-state index contributed by atoms with van der Waals surface area (Å²) in [6.07, 6.45) is 3.73. The molecule has 0 spiro atoms. The Morgan fingerprint density at radius 2 is 1.77 bits per heavy atom. The zero-order valence-electron chi connectivity index (χ0n) is 18.1. The van der Waals surface area contributed by atoms with Crippen LogP contribution in [0.15, 0.2) is 59.7 Å². The van der Waals surface area contributed by atoms with E-state index in [-0.39, 0.29) is 0 Å². The van der Waals surface area contributed by atoms with Crippen molar-refractivity contribution in [1.82, 2.24) is 10.7 Å². The van der Waals surface area contributed by atoms with Crippen molar-refractivity contribution in [3.8, 4) is 5.75 Å². The van der Waals surface area contributed by atoms with E-state index in [4.69, 9.17) is 4.74 Å². The van der Waals surface area contributed by atoms with E-state index in [1.54, 1.807) is 13.8 Å². The number of rotatable bonds is 12. The van der Waals surface area contributed by atoms with Crippen LogP contribution in [0.3, 0.4) is 0 Å². The van der Waals surface area contributed by atoms with Crippen LogP contribution in [0.5, 0.6) is 5.75 Å². The first-order chi connectivity index (χ1) is 14.4. The van der Waals surface area contributed by atoms with Crippen LogP contribution in [-0.2, 0) is 17.8 Å². The maximum atomic E-state index is 11.2. The molecule has 0 heterocycles. The van der Waals surface area contributed by atoms with Crippen molar-refractivity contribution in [3.05, 3.63) is 65.7 Å². The highest BCUT2D eigenvalue weighted by Crippen LogP contribution is 2.20. The van der Waals surface area contributed by atoms with Crippen LogP contribution in [0.25, 0.3) is 0 Å². The molecule has 0 aromatic heterocycles. The largest absolute Gasteiger partial charge is 0.478 e. The molecule has 0 radical (unpaired) electrons. The molecule has 0 aliphatic heterocycles. The maximum Gasteiger partial charge on any atom is 0.347 e. The summed E-state index contributed by atoms with van der Waals surface area (Å²) in [5.41, 5.74) is 4.27. The molecule has 162 valence electrons. The van der Waals surface area contributed by atoms with Crippen LogP contribution in [0.4, 0.5) is 0 Å². The molecule has 0 atom stereocenters. The van der Waals surface area contributed by atoms with Crippen LogP contribution in [0.1, 0.15) is 51.2 Å². The number of aliphatic carboxylic acids is 1. The van der Waals surface area contributed by atoms with E-state index >= 15 is 0 Å². The van der Waals surface area contributed by atoms with E-state index in [0.717, 1.165) is 44.6 Å². The highest BCUT2D eigenvalue weighted by molar-refractivity contribution is 5.81. The van der Waals surface area contributed by atoms with E-state index in [1.165, 1.54) is 11.1 Å². The van der Waals surface area contributed by atoms with Crippen molar-refractivity contribution < 1.29 is 14.6 Å². The third kappa shape index (κ3) is 8.15. The van der Waals surface area contributed by atoms with Gasteiger partial charge < -0.3 is 20.6 Å². The molecule has 0 fully saturated rings. The number of ether oxygens (including phenoxy) is 1. The fourth-order valence-corrected chi connectivity index (χ4v) is 2.77. The quantitative estimate of drug-likeness (QED) is 0.209. The van der Waals surface area contributed by atoms with Gasteiger partial charge >= 0.3 is 5.97 Å². The minimum Gasteiger partial charge on any atom is -0.478 e. The molecule has 2 aromatic carbocycles. The molecular formula is C24H33N3O3. The summed E-state index contributed by atoms with van der Waals surface area (Å²) in [6.45, 7) is 6.80. The Balaban J connectivity index is 1.85. The summed E-state index contributed by atoms with van der Waals surface area (Å²) in [5.74, 6) is 0.523. The highest BCUT2D eigenvalue weighted by Gasteiger charge is 2.29. The summed E-state index contributed by atoms with van der Waals surface area (Å²) in [5, 5.41) is 17.1. The van der Waals surface area contributed by atoms with Crippen molar-refractivity contribution >= 4 is 11.8 Å². The van der Waals surface area contributed by atoms with Gasteiger partial charge in [-0.05, 0) is 56.4 Å². The molecule has 2 aromatic rings. The van der Waals surface area contributed by atoms with Gasteiger partial charge in [-0.2, -0.15) is 5.10 Å². The second kappa shape index (κ2) is 11.9. The van der Waals surface area contributed by atoms with Crippen molar-refractivity contribution in [2.45, 2.75) is 58.6 Å². The van der Waals surface area contributed by atoms with Gasteiger partial charge in [0.15, 0.2) is 5.60 Å².